The smallest absolute Gasteiger partial charge is 0.200 e. The molecule has 1 heterocycles. The van der Waals surface area contributed by atoms with Crippen molar-refractivity contribution in [1.29, 1.82) is 0 Å². The van der Waals surface area contributed by atoms with Crippen molar-refractivity contribution in [1.82, 2.24) is 0 Å². The minimum absolute atomic E-state index is 0.274. The first-order valence-corrected chi connectivity index (χ1v) is 11.3. The molecule has 0 aliphatic heterocycles. The standard InChI is InChI=1S/C30H36N/c1-17(2)24-18(3)16-31(9)28-26-19(4)25-21(14-20-12-10-11-13-22(20)25)15-23(26)29(5,6)30(7,8)27(24)28/h10-13,15-17H,14H2,1-9H3/q+1/i3D3,17D. The van der Waals surface area contributed by atoms with Crippen molar-refractivity contribution in [3.05, 3.63) is 75.5 Å². The van der Waals surface area contributed by atoms with Crippen LogP contribution < -0.4 is 4.57 Å². The normalized spacial score (nSPS) is 19.9. The van der Waals surface area contributed by atoms with E-state index in [1.54, 1.807) is 6.20 Å². The number of aromatic nitrogens is 1. The van der Waals surface area contributed by atoms with E-state index in [9.17, 15) is 0 Å². The summed E-state index contributed by atoms with van der Waals surface area (Å²) in [5.74, 6) is -1.07. The Morgan fingerprint density at radius 3 is 2.42 bits per heavy atom. The van der Waals surface area contributed by atoms with Crippen LogP contribution >= 0.6 is 0 Å². The van der Waals surface area contributed by atoms with Crippen molar-refractivity contribution in [3.63, 3.8) is 0 Å². The Morgan fingerprint density at radius 2 is 1.74 bits per heavy atom. The molecular weight excluding hydrogens is 374 g/mol. The fraction of sp³-hybridized carbons (Fsp3) is 0.433. The molecule has 1 nitrogen and oxygen atoms in total. The number of nitrogens with zero attached hydrogens (tertiary/aromatic N) is 1. The second kappa shape index (κ2) is 6.31. The van der Waals surface area contributed by atoms with Gasteiger partial charge >= 0.3 is 0 Å². The lowest BCUT2D eigenvalue weighted by Gasteiger charge is -2.48. The zero-order valence-corrected chi connectivity index (χ0v) is 20.1. The van der Waals surface area contributed by atoms with Crippen LogP contribution in [0.15, 0.2) is 36.5 Å². The zero-order chi connectivity index (χ0) is 25.9. The SMILES string of the molecule is [2H]C([2H])([2H])c1c[n+](C)c2c(c1C([2H])(C)C)C(C)(C)C(C)(C)c1cc3c(c(C)c1-2)-c1ccccc1C3. The van der Waals surface area contributed by atoms with E-state index < -0.39 is 18.2 Å². The number of rotatable bonds is 1. The summed E-state index contributed by atoms with van der Waals surface area (Å²) in [6.45, 7) is 12.6. The maximum atomic E-state index is 9.11. The average molecular weight is 415 g/mol. The number of aryl methyl sites for hydroxylation is 2. The van der Waals surface area contributed by atoms with Crippen LogP contribution in [0.1, 0.15) is 91.9 Å². The van der Waals surface area contributed by atoms with Crippen LogP contribution in [0.25, 0.3) is 22.4 Å². The molecule has 0 spiro atoms. The van der Waals surface area contributed by atoms with Crippen LogP contribution in [0.3, 0.4) is 0 Å². The van der Waals surface area contributed by atoms with Gasteiger partial charge in [-0.1, -0.05) is 71.9 Å². The summed E-state index contributed by atoms with van der Waals surface area (Å²) in [7, 11) is 1.97. The Kier molecular flexibility index (Phi) is 3.31. The molecule has 31 heavy (non-hydrogen) atoms. The predicted molar refractivity (Wildman–Crippen MR) is 131 cm³/mol. The number of benzene rings is 2. The van der Waals surface area contributed by atoms with E-state index >= 15 is 0 Å². The molecule has 0 atom stereocenters. The highest BCUT2D eigenvalue weighted by atomic mass is 14.9. The van der Waals surface area contributed by atoms with Gasteiger partial charge in [0.1, 0.15) is 7.05 Å². The maximum absolute atomic E-state index is 9.11. The molecule has 5 rings (SSSR count). The molecule has 160 valence electrons. The van der Waals surface area contributed by atoms with E-state index in [0.717, 1.165) is 17.7 Å². The fourth-order valence-corrected chi connectivity index (χ4v) is 6.15. The highest BCUT2D eigenvalue weighted by molar-refractivity contribution is 5.88. The molecular formula is C30H36N+. The summed E-state index contributed by atoms with van der Waals surface area (Å²) in [4.78, 5) is 0. The second-order valence-electron chi connectivity index (χ2n) is 10.8. The Labute approximate surface area is 193 Å². The van der Waals surface area contributed by atoms with Crippen LogP contribution in [-0.2, 0) is 24.3 Å². The van der Waals surface area contributed by atoms with Gasteiger partial charge in [-0.2, -0.15) is 0 Å². The van der Waals surface area contributed by atoms with E-state index in [-0.39, 0.29) is 11.0 Å². The summed E-state index contributed by atoms with van der Waals surface area (Å²) in [5, 5.41) is 0. The number of hydrogen-bond donors (Lipinski definition) is 0. The lowest BCUT2D eigenvalue weighted by atomic mass is 9.54. The number of pyridine rings is 1. The third-order valence-electron chi connectivity index (χ3n) is 8.36. The van der Waals surface area contributed by atoms with Crippen molar-refractivity contribution in [2.45, 2.75) is 78.5 Å². The lowest BCUT2D eigenvalue weighted by Crippen LogP contribution is -2.49. The van der Waals surface area contributed by atoms with E-state index in [1.807, 2.05) is 25.5 Å². The Hall–Kier alpha value is -2.41. The van der Waals surface area contributed by atoms with Gasteiger partial charge in [0.15, 0.2) is 6.20 Å². The Bertz CT molecular complexity index is 1400. The third-order valence-corrected chi connectivity index (χ3v) is 8.36. The Morgan fingerprint density at radius 1 is 1.03 bits per heavy atom. The van der Waals surface area contributed by atoms with E-state index in [2.05, 4.69) is 65.0 Å². The van der Waals surface area contributed by atoms with Gasteiger partial charge in [-0.05, 0) is 70.4 Å². The van der Waals surface area contributed by atoms with Gasteiger partial charge in [-0.3, -0.25) is 0 Å². The molecule has 0 unspecified atom stereocenters. The topological polar surface area (TPSA) is 3.88 Å². The molecule has 0 N–H and O–H groups in total. The molecule has 1 heteroatoms. The summed E-state index contributed by atoms with van der Waals surface area (Å²) in [6.07, 6.45) is 2.70. The van der Waals surface area contributed by atoms with Crippen molar-refractivity contribution in [2.75, 3.05) is 0 Å². The zero-order valence-electron chi connectivity index (χ0n) is 24.1. The molecule has 0 fully saturated rings. The molecule has 0 saturated carbocycles. The predicted octanol–water partition coefficient (Wildman–Crippen LogP) is 7.06. The first-order valence-electron chi connectivity index (χ1n) is 13.3. The fourth-order valence-electron chi connectivity index (χ4n) is 6.15. The molecule has 0 radical (unpaired) electrons. The minimum Gasteiger partial charge on any atom is -0.200 e. The first-order chi connectivity index (χ1) is 16.0. The van der Waals surface area contributed by atoms with Crippen molar-refractivity contribution in [2.24, 2.45) is 7.05 Å². The molecule has 2 aromatic carbocycles. The highest BCUT2D eigenvalue weighted by Crippen LogP contribution is 2.57. The van der Waals surface area contributed by atoms with Gasteiger partial charge in [0.2, 0.25) is 5.69 Å². The van der Waals surface area contributed by atoms with Gasteiger partial charge in [0.25, 0.3) is 0 Å². The van der Waals surface area contributed by atoms with Crippen LogP contribution in [0.4, 0.5) is 0 Å². The largest absolute Gasteiger partial charge is 0.216 e. The van der Waals surface area contributed by atoms with Crippen LogP contribution in [0.5, 0.6) is 0 Å². The molecule has 2 aliphatic rings. The summed E-state index contributed by atoms with van der Waals surface area (Å²) < 4.78 is 36.1. The van der Waals surface area contributed by atoms with Crippen molar-refractivity contribution in [3.8, 4) is 22.4 Å². The van der Waals surface area contributed by atoms with E-state index in [1.165, 1.54) is 38.9 Å². The van der Waals surface area contributed by atoms with Crippen LogP contribution in [0, 0.1) is 13.8 Å². The van der Waals surface area contributed by atoms with Crippen molar-refractivity contribution < 1.29 is 10.1 Å². The second-order valence-corrected chi connectivity index (χ2v) is 10.8. The summed E-state index contributed by atoms with van der Waals surface area (Å²) in [5.41, 5.74) is 11.4. The van der Waals surface area contributed by atoms with E-state index in [0.29, 0.717) is 5.56 Å². The van der Waals surface area contributed by atoms with Gasteiger partial charge in [0, 0.05) is 22.0 Å². The quantitative estimate of drug-likeness (QED) is 0.294. The van der Waals surface area contributed by atoms with Gasteiger partial charge in [-0.25, -0.2) is 4.57 Å². The van der Waals surface area contributed by atoms with Crippen LogP contribution in [-0.4, -0.2) is 0 Å². The molecule has 3 aromatic rings. The van der Waals surface area contributed by atoms with Gasteiger partial charge < -0.3 is 0 Å². The maximum Gasteiger partial charge on any atom is 0.216 e. The summed E-state index contributed by atoms with van der Waals surface area (Å²) >= 11 is 0. The molecule has 2 aliphatic carbocycles. The minimum atomic E-state index is -2.30. The molecule has 0 bridgehead atoms. The van der Waals surface area contributed by atoms with E-state index in [4.69, 9.17) is 5.48 Å². The third kappa shape index (κ3) is 2.47. The van der Waals surface area contributed by atoms with Gasteiger partial charge in [-0.15, -0.1) is 0 Å². The van der Waals surface area contributed by atoms with Crippen LogP contribution in [0.2, 0.25) is 0 Å². The lowest BCUT2D eigenvalue weighted by molar-refractivity contribution is -0.661. The highest BCUT2D eigenvalue weighted by Gasteiger charge is 2.52. The first kappa shape index (κ1) is 16.3. The number of fused-ring (bicyclic) bond motifs is 6. The molecule has 0 saturated heterocycles. The summed E-state index contributed by atoms with van der Waals surface area (Å²) in [6, 6.07) is 11.1. The van der Waals surface area contributed by atoms with Gasteiger partial charge in [0.05, 0.1) is 5.56 Å². The number of hydrogen-bond acceptors (Lipinski definition) is 0. The average Bonchev–Trinajstić information content (AvgIpc) is 3.09. The monoisotopic (exact) mass is 414 g/mol. The molecule has 1 aromatic heterocycles. The molecule has 0 amide bonds. The van der Waals surface area contributed by atoms with Crippen molar-refractivity contribution >= 4 is 0 Å². The Balaban J connectivity index is 2.00.